The molecule has 0 spiro atoms. The van der Waals surface area contributed by atoms with Gasteiger partial charge in [0.1, 0.15) is 0 Å². The highest BCUT2D eigenvalue weighted by molar-refractivity contribution is 7.15. The van der Waals surface area contributed by atoms with Crippen molar-refractivity contribution in [3.8, 4) is 0 Å². The minimum Gasteiger partial charge on any atom is -0.480 e. The maximum atomic E-state index is 12.4. The van der Waals surface area contributed by atoms with E-state index >= 15 is 0 Å². The molecule has 144 valence electrons. The molecule has 2 heterocycles. The molecule has 2 aliphatic rings. The van der Waals surface area contributed by atoms with Crippen molar-refractivity contribution in [2.24, 2.45) is 0 Å². The Labute approximate surface area is 158 Å². The van der Waals surface area contributed by atoms with Crippen LogP contribution in [-0.4, -0.2) is 71.0 Å². The third kappa shape index (κ3) is 5.25. The molecule has 8 heteroatoms. The zero-order valence-corrected chi connectivity index (χ0v) is 16.2. The molecule has 3 rings (SSSR count). The number of aliphatic carboxylic acids is 1. The van der Waals surface area contributed by atoms with Gasteiger partial charge in [-0.2, -0.15) is 0 Å². The van der Waals surface area contributed by atoms with Crippen molar-refractivity contribution in [2.75, 3.05) is 38.5 Å². The number of carbonyl (C=O) groups excluding carboxylic acids is 1. The van der Waals surface area contributed by atoms with Crippen LogP contribution in [0.5, 0.6) is 0 Å². The summed E-state index contributed by atoms with van der Waals surface area (Å²) in [6.45, 7) is 2.13. The van der Waals surface area contributed by atoms with Gasteiger partial charge in [0.25, 0.3) is 0 Å². The molecule has 1 fully saturated rings. The second-order valence-corrected chi connectivity index (χ2v) is 8.40. The van der Waals surface area contributed by atoms with E-state index in [1.807, 2.05) is 11.9 Å². The van der Waals surface area contributed by atoms with Crippen LogP contribution in [0, 0.1) is 0 Å². The number of likely N-dealkylation sites (tertiary alicyclic amines) is 1. The SMILES string of the molecule is CN(CC(=O)O)C1CCCN(CC(=O)Nc2nc3c(s2)CCCC3)CC1. The summed E-state index contributed by atoms with van der Waals surface area (Å²) in [6, 6.07) is 0.268. The number of amides is 1. The lowest BCUT2D eigenvalue weighted by Crippen LogP contribution is -2.37. The molecule has 0 saturated carbocycles. The van der Waals surface area contributed by atoms with E-state index in [9.17, 15) is 9.59 Å². The van der Waals surface area contributed by atoms with E-state index in [-0.39, 0.29) is 18.5 Å². The molecule has 1 amide bonds. The molecule has 26 heavy (non-hydrogen) atoms. The van der Waals surface area contributed by atoms with Gasteiger partial charge >= 0.3 is 5.97 Å². The van der Waals surface area contributed by atoms with Crippen molar-refractivity contribution in [1.82, 2.24) is 14.8 Å². The summed E-state index contributed by atoms with van der Waals surface area (Å²) >= 11 is 1.62. The summed E-state index contributed by atoms with van der Waals surface area (Å²) in [5.41, 5.74) is 1.16. The molecule has 0 aromatic carbocycles. The van der Waals surface area contributed by atoms with Crippen LogP contribution in [0.3, 0.4) is 0 Å². The maximum absolute atomic E-state index is 12.4. The number of hydrogen-bond acceptors (Lipinski definition) is 6. The Balaban J connectivity index is 1.47. The molecule has 1 aromatic rings. The second kappa shape index (κ2) is 8.92. The number of aryl methyl sites for hydroxylation is 2. The zero-order chi connectivity index (χ0) is 18.5. The van der Waals surface area contributed by atoms with Gasteiger partial charge < -0.3 is 10.4 Å². The Morgan fingerprint density at radius 2 is 2.08 bits per heavy atom. The van der Waals surface area contributed by atoms with E-state index in [0.717, 1.165) is 56.0 Å². The first kappa shape index (κ1) is 19.3. The first-order valence-electron chi connectivity index (χ1n) is 9.44. The molecule has 1 atom stereocenters. The van der Waals surface area contributed by atoms with Crippen LogP contribution in [0.15, 0.2) is 0 Å². The monoisotopic (exact) mass is 380 g/mol. The van der Waals surface area contributed by atoms with Gasteiger partial charge in [-0.05, 0) is 58.5 Å². The van der Waals surface area contributed by atoms with Gasteiger partial charge in [-0.25, -0.2) is 4.98 Å². The summed E-state index contributed by atoms with van der Waals surface area (Å²) < 4.78 is 0. The number of likely N-dealkylation sites (N-methyl/N-ethyl adjacent to an activating group) is 1. The Morgan fingerprint density at radius 3 is 2.85 bits per heavy atom. The Morgan fingerprint density at radius 1 is 1.27 bits per heavy atom. The average Bonchev–Trinajstić information content (AvgIpc) is 2.83. The maximum Gasteiger partial charge on any atom is 0.317 e. The van der Waals surface area contributed by atoms with Crippen molar-refractivity contribution in [3.63, 3.8) is 0 Å². The normalized spacial score (nSPS) is 21.2. The fourth-order valence-corrected chi connectivity index (χ4v) is 4.91. The predicted octanol–water partition coefficient (Wildman–Crippen LogP) is 1.83. The topological polar surface area (TPSA) is 85.8 Å². The number of nitrogens with one attached hydrogen (secondary N) is 1. The number of hydrogen-bond donors (Lipinski definition) is 2. The van der Waals surface area contributed by atoms with Crippen LogP contribution in [0.4, 0.5) is 5.13 Å². The van der Waals surface area contributed by atoms with Crippen molar-refractivity contribution < 1.29 is 14.7 Å². The number of nitrogens with zero attached hydrogens (tertiary/aromatic N) is 3. The van der Waals surface area contributed by atoms with Gasteiger partial charge in [0.05, 0.1) is 18.8 Å². The van der Waals surface area contributed by atoms with Gasteiger partial charge in [0.15, 0.2) is 5.13 Å². The van der Waals surface area contributed by atoms with Gasteiger partial charge in [0.2, 0.25) is 5.91 Å². The standard InChI is InChI=1S/C18H28N4O3S/c1-21(12-17(24)25)13-5-4-9-22(10-8-13)11-16(23)20-18-19-14-6-2-3-7-15(14)26-18/h13H,2-12H2,1H3,(H,24,25)(H,19,20,23). The van der Waals surface area contributed by atoms with E-state index in [2.05, 4.69) is 15.2 Å². The van der Waals surface area contributed by atoms with Crippen LogP contribution in [0.25, 0.3) is 0 Å². The molecular formula is C18H28N4O3S. The van der Waals surface area contributed by atoms with Crippen molar-refractivity contribution in [2.45, 2.75) is 51.0 Å². The fraction of sp³-hybridized carbons (Fsp3) is 0.722. The van der Waals surface area contributed by atoms with Gasteiger partial charge in [-0.15, -0.1) is 11.3 Å². The first-order valence-corrected chi connectivity index (χ1v) is 10.3. The molecule has 1 aromatic heterocycles. The van der Waals surface area contributed by atoms with Gasteiger partial charge in [-0.3, -0.25) is 19.4 Å². The minimum atomic E-state index is -0.792. The summed E-state index contributed by atoms with van der Waals surface area (Å²) in [5, 5.41) is 12.6. The van der Waals surface area contributed by atoms with Crippen LogP contribution in [0.2, 0.25) is 0 Å². The van der Waals surface area contributed by atoms with Gasteiger partial charge in [0, 0.05) is 17.5 Å². The summed E-state index contributed by atoms with van der Waals surface area (Å²) in [6.07, 6.45) is 7.36. The molecule has 1 aliphatic heterocycles. The number of thiazole rings is 1. The fourth-order valence-electron chi connectivity index (χ4n) is 3.85. The average molecular weight is 381 g/mol. The number of anilines is 1. The van der Waals surface area contributed by atoms with E-state index < -0.39 is 5.97 Å². The molecule has 7 nitrogen and oxygen atoms in total. The molecule has 0 radical (unpaired) electrons. The number of fused-ring (bicyclic) bond motifs is 1. The number of carboxylic acid groups (broad SMARTS) is 1. The second-order valence-electron chi connectivity index (χ2n) is 7.31. The van der Waals surface area contributed by atoms with Crippen LogP contribution >= 0.6 is 11.3 Å². The highest BCUT2D eigenvalue weighted by Crippen LogP contribution is 2.29. The molecule has 0 bridgehead atoms. The minimum absolute atomic E-state index is 0.00608. The van der Waals surface area contributed by atoms with E-state index in [4.69, 9.17) is 5.11 Å². The van der Waals surface area contributed by atoms with E-state index in [1.165, 1.54) is 17.7 Å². The van der Waals surface area contributed by atoms with E-state index in [0.29, 0.717) is 6.54 Å². The van der Waals surface area contributed by atoms with E-state index in [1.54, 1.807) is 11.3 Å². The first-order chi connectivity index (χ1) is 12.5. The largest absolute Gasteiger partial charge is 0.480 e. The Bertz CT molecular complexity index is 625. The summed E-state index contributed by atoms with van der Waals surface area (Å²) in [7, 11) is 1.87. The molecular weight excluding hydrogens is 352 g/mol. The number of carboxylic acids is 1. The summed E-state index contributed by atoms with van der Waals surface area (Å²) in [5.74, 6) is -0.799. The van der Waals surface area contributed by atoms with Crippen LogP contribution in [0.1, 0.15) is 42.7 Å². The zero-order valence-electron chi connectivity index (χ0n) is 15.4. The lowest BCUT2D eigenvalue weighted by molar-refractivity contribution is -0.138. The summed E-state index contributed by atoms with van der Waals surface area (Å²) in [4.78, 5) is 33.2. The van der Waals surface area contributed by atoms with Crippen LogP contribution < -0.4 is 5.32 Å². The van der Waals surface area contributed by atoms with Gasteiger partial charge in [-0.1, -0.05) is 0 Å². The quantitative estimate of drug-likeness (QED) is 0.783. The number of rotatable bonds is 6. The Kier molecular flexibility index (Phi) is 6.61. The van der Waals surface area contributed by atoms with Crippen molar-refractivity contribution >= 4 is 28.3 Å². The van der Waals surface area contributed by atoms with Crippen molar-refractivity contribution in [3.05, 3.63) is 10.6 Å². The highest BCUT2D eigenvalue weighted by Gasteiger charge is 2.23. The van der Waals surface area contributed by atoms with Crippen LogP contribution in [-0.2, 0) is 22.4 Å². The third-order valence-corrected chi connectivity index (χ3v) is 6.33. The molecule has 1 saturated heterocycles. The predicted molar refractivity (Wildman–Crippen MR) is 102 cm³/mol. The number of carbonyl (C=O) groups is 2. The lowest BCUT2D eigenvalue weighted by Gasteiger charge is -2.25. The molecule has 1 unspecified atom stereocenters. The Hall–Kier alpha value is -1.51. The lowest BCUT2D eigenvalue weighted by atomic mass is 10.0. The molecule has 2 N–H and O–H groups in total. The van der Waals surface area contributed by atoms with Crippen molar-refractivity contribution in [1.29, 1.82) is 0 Å². The molecule has 1 aliphatic carbocycles. The highest BCUT2D eigenvalue weighted by atomic mass is 32.1. The third-order valence-electron chi connectivity index (χ3n) is 5.26. The smallest absolute Gasteiger partial charge is 0.317 e. The number of aromatic nitrogens is 1.